The Morgan fingerprint density at radius 1 is 1.35 bits per heavy atom. The van der Waals surface area contributed by atoms with Crippen molar-refractivity contribution in [3.8, 4) is 6.07 Å². The summed E-state index contributed by atoms with van der Waals surface area (Å²) in [4.78, 5) is 11.8. The monoisotopic (exact) mass is 227 g/mol. The summed E-state index contributed by atoms with van der Waals surface area (Å²) < 4.78 is 0. The number of benzene rings is 1. The van der Waals surface area contributed by atoms with Crippen molar-refractivity contribution in [3.05, 3.63) is 41.0 Å². The molecule has 2 nitrogen and oxygen atoms in total. The van der Waals surface area contributed by atoms with E-state index in [1.807, 2.05) is 51.1 Å². The Morgan fingerprint density at radius 3 is 2.41 bits per heavy atom. The minimum absolute atomic E-state index is 0.0805. The van der Waals surface area contributed by atoms with Gasteiger partial charge in [0, 0.05) is 6.42 Å². The van der Waals surface area contributed by atoms with Gasteiger partial charge in [-0.1, -0.05) is 43.7 Å². The molecule has 0 N–H and O–H groups in total. The first-order valence-electron chi connectivity index (χ1n) is 5.74. The fraction of sp³-hybridized carbons (Fsp3) is 0.333. The number of hydrogen-bond donors (Lipinski definition) is 0. The van der Waals surface area contributed by atoms with Crippen molar-refractivity contribution in [2.75, 3.05) is 0 Å². The molecule has 0 fully saturated rings. The van der Waals surface area contributed by atoms with Gasteiger partial charge in [0.25, 0.3) is 0 Å². The van der Waals surface area contributed by atoms with Crippen LogP contribution in [0.25, 0.3) is 6.08 Å². The van der Waals surface area contributed by atoms with Crippen LogP contribution < -0.4 is 0 Å². The molecule has 0 heterocycles. The van der Waals surface area contributed by atoms with Gasteiger partial charge in [0.2, 0.25) is 0 Å². The van der Waals surface area contributed by atoms with E-state index in [9.17, 15) is 4.79 Å². The standard InChI is InChI=1S/C15H17NO/c1-11(2)8-15(17)14(10-16)9-13-6-4-12(3)5-7-13/h4-7,9,11H,8H2,1-3H3. The van der Waals surface area contributed by atoms with Crippen LogP contribution in [-0.2, 0) is 4.79 Å². The first-order valence-corrected chi connectivity index (χ1v) is 5.74. The summed E-state index contributed by atoms with van der Waals surface area (Å²) in [5.74, 6) is 0.195. The van der Waals surface area contributed by atoms with Crippen molar-refractivity contribution in [2.45, 2.75) is 27.2 Å². The molecule has 0 aromatic heterocycles. The van der Waals surface area contributed by atoms with Crippen LogP contribution in [0.5, 0.6) is 0 Å². The average Bonchev–Trinajstić information content (AvgIpc) is 2.27. The van der Waals surface area contributed by atoms with E-state index in [4.69, 9.17) is 5.26 Å². The minimum atomic E-state index is -0.0805. The van der Waals surface area contributed by atoms with Crippen molar-refractivity contribution in [1.82, 2.24) is 0 Å². The summed E-state index contributed by atoms with van der Waals surface area (Å²) in [5.41, 5.74) is 2.29. The zero-order chi connectivity index (χ0) is 12.8. The summed E-state index contributed by atoms with van der Waals surface area (Å²) in [6.07, 6.45) is 2.08. The Hall–Kier alpha value is -1.88. The predicted octanol–water partition coefficient (Wildman–Crippen LogP) is 3.52. The minimum Gasteiger partial charge on any atom is -0.293 e. The average molecular weight is 227 g/mol. The zero-order valence-electron chi connectivity index (χ0n) is 10.5. The van der Waals surface area contributed by atoms with Crippen LogP contribution >= 0.6 is 0 Å². The normalized spacial score (nSPS) is 11.4. The Kier molecular flexibility index (Phi) is 4.66. The van der Waals surface area contributed by atoms with E-state index < -0.39 is 0 Å². The molecule has 2 heteroatoms. The molecule has 1 rings (SSSR count). The molecule has 1 aromatic carbocycles. The van der Waals surface area contributed by atoms with Gasteiger partial charge in [0.05, 0.1) is 5.57 Å². The van der Waals surface area contributed by atoms with E-state index in [0.29, 0.717) is 6.42 Å². The molecule has 0 saturated carbocycles. The van der Waals surface area contributed by atoms with Crippen molar-refractivity contribution in [3.63, 3.8) is 0 Å². The Balaban J connectivity index is 2.91. The number of carbonyl (C=O) groups is 1. The van der Waals surface area contributed by atoms with Crippen LogP contribution in [0.3, 0.4) is 0 Å². The molecule has 1 aromatic rings. The lowest BCUT2D eigenvalue weighted by Gasteiger charge is -2.02. The molecule has 17 heavy (non-hydrogen) atoms. The predicted molar refractivity (Wildman–Crippen MR) is 69.2 cm³/mol. The molecule has 0 radical (unpaired) electrons. The Morgan fingerprint density at radius 2 is 1.94 bits per heavy atom. The van der Waals surface area contributed by atoms with Crippen LogP contribution in [0.4, 0.5) is 0 Å². The molecule has 0 amide bonds. The third kappa shape index (κ3) is 4.24. The molecular formula is C15H17NO. The maximum atomic E-state index is 11.8. The Labute approximate surface area is 103 Å². The van der Waals surface area contributed by atoms with Gasteiger partial charge < -0.3 is 0 Å². The number of hydrogen-bond acceptors (Lipinski definition) is 2. The lowest BCUT2D eigenvalue weighted by Crippen LogP contribution is -2.04. The second kappa shape index (κ2) is 6.00. The fourth-order valence-electron chi connectivity index (χ4n) is 1.49. The van der Waals surface area contributed by atoms with E-state index in [1.165, 1.54) is 0 Å². The van der Waals surface area contributed by atoms with Crippen LogP contribution in [-0.4, -0.2) is 5.78 Å². The highest BCUT2D eigenvalue weighted by atomic mass is 16.1. The number of nitriles is 1. The maximum absolute atomic E-state index is 11.8. The van der Waals surface area contributed by atoms with Crippen LogP contribution in [0, 0.1) is 24.2 Å². The summed E-state index contributed by atoms with van der Waals surface area (Å²) in [6.45, 7) is 5.94. The molecule has 0 unspecified atom stereocenters. The number of carbonyl (C=O) groups excluding carboxylic acids is 1. The smallest absolute Gasteiger partial charge is 0.173 e. The summed E-state index contributed by atoms with van der Waals surface area (Å²) in [7, 11) is 0. The third-order valence-corrected chi connectivity index (χ3v) is 2.40. The first-order chi connectivity index (χ1) is 8.02. The van der Waals surface area contributed by atoms with Gasteiger partial charge in [0.1, 0.15) is 6.07 Å². The highest BCUT2D eigenvalue weighted by Gasteiger charge is 2.10. The second-order valence-electron chi connectivity index (χ2n) is 4.60. The molecule has 88 valence electrons. The molecule has 0 bridgehead atoms. The van der Waals surface area contributed by atoms with Crippen molar-refractivity contribution in [2.24, 2.45) is 5.92 Å². The summed E-state index contributed by atoms with van der Waals surface area (Å²) >= 11 is 0. The van der Waals surface area contributed by atoms with Gasteiger partial charge >= 0.3 is 0 Å². The van der Waals surface area contributed by atoms with Gasteiger partial charge in [-0.25, -0.2) is 0 Å². The highest BCUT2D eigenvalue weighted by Crippen LogP contribution is 2.12. The van der Waals surface area contributed by atoms with Crippen molar-refractivity contribution >= 4 is 11.9 Å². The summed E-state index contributed by atoms with van der Waals surface area (Å²) in [6, 6.07) is 9.74. The SMILES string of the molecule is Cc1ccc(C=C(C#N)C(=O)CC(C)C)cc1. The van der Waals surface area contributed by atoms with Gasteiger partial charge in [0.15, 0.2) is 5.78 Å². The molecule has 0 aliphatic heterocycles. The number of ketones is 1. The quantitative estimate of drug-likeness (QED) is 0.583. The van der Waals surface area contributed by atoms with Gasteiger partial charge in [-0.15, -0.1) is 0 Å². The molecule has 0 spiro atoms. The number of Topliss-reactive ketones (excluding diaryl/α,β-unsaturated/α-hetero) is 1. The van der Waals surface area contributed by atoms with Gasteiger partial charge in [-0.05, 0) is 24.5 Å². The maximum Gasteiger partial charge on any atom is 0.173 e. The largest absolute Gasteiger partial charge is 0.293 e. The van der Waals surface area contributed by atoms with Gasteiger partial charge in [-0.3, -0.25) is 4.79 Å². The number of nitrogens with zero attached hydrogens (tertiary/aromatic N) is 1. The molecule has 0 atom stereocenters. The number of rotatable bonds is 4. The zero-order valence-corrected chi connectivity index (χ0v) is 10.5. The van der Waals surface area contributed by atoms with E-state index in [1.54, 1.807) is 6.08 Å². The van der Waals surface area contributed by atoms with E-state index in [2.05, 4.69) is 0 Å². The lowest BCUT2D eigenvalue weighted by atomic mass is 10.00. The lowest BCUT2D eigenvalue weighted by molar-refractivity contribution is -0.115. The molecule has 0 saturated heterocycles. The van der Waals surface area contributed by atoms with Crippen molar-refractivity contribution in [1.29, 1.82) is 5.26 Å². The van der Waals surface area contributed by atoms with E-state index >= 15 is 0 Å². The fourth-order valence-corrected chi connectivity index (χ4v) is 1.49. The highest BCUT2D eigenvalue weighted by molar-refractivity contribution is 6.03. The molecule has 0 aliphatic carbocycles. The van der Waals surface area contributed by atoms with Crippen LogP contribution in [0.2, 0.25) is 0 Å². The van der Waals surface area contributed by atoms with E-state index in [-0.39, 0.29) is 17.3 Å². The second-order valence-corrected chi connectivity index (χ2v) is 4.60. The van der Waals surface area contributed by atoms with Crippen molar-refractivity contribution < 1.29 is 4.79 Å². The number of allylic oxidation sites excluding steroid dienone is 1. The van der Waals surface area contributed by atoms with Gasteiger partial charge in [-0.2, -0.15) is 5.26 Å². The third-order valence-electron chi connectivity index (χ3n) is 2.40. The molecule has 0 aliphatic rings. The van der Waals surface area contributed by atoms with Crippen LogP contribution in [0.1, 0.15) is 31.4 Å². The topological polar surface area (TPSA) is 40.9 Å². The first kappa shape index (κ1) is 13.2. The number of aryl methyl sites for hydroxylation is 1. The molecular weight excluding hydrogens is 210 g/mol. The van der Waals surface area contributed by atoms with Crippen LogP contribution in [0.15, 0.2) is 29.8 Å². The Bertz CT molecular complexity index is 461. The summed E-state index contributed by atoms with van der Waals surface area (Å²) in [5, 5.41) is 8.99. The van der Waals surface area contributed by atoms with E-state index in [0.717, 1.165) is 11.1 Å².